The third-order valence-electron chi connectivity index (χ3n) is 5.26. The predicted octanol–water partition coefficient (Wildman–Crippen LogP) is 3.65. The number of rotatable bonds is 4. The van der Waals surface area contributed by atoms with Crippen molar-refractivity contribution in [1.29, 1.82) is 0 Å². The van der Waals surface area contributed by atoms with Gasteiger partial charge in [-0.25, -0.2) is 4.98 Å². The van der Waals surface area contributed by atoms with E-state index in [-0.39, 0.29) is 17.2 Å². The van der Waals surface area contributed by atoms with Crippen LogP contribution in [0.2, 0.25) is 0 Å². The molecule has 1 saturated heterocycles. The highest BCUT2D eigenvalue weighted by Gasteiger charge is 2.28. The van der Waals surface area contributed by atoms with E-state index < -0.39 is 0 Å². The molecule has 0 bridgehead atoms. The first-order valence-electron chi connectivity index (χ1n) is 9.70. The molecule has 1 atom stereocenters. The maximum atomic E-state index is 13.0. The Labute approximate surface area is 162 Å². The summed E-state index contributed by atoms with van der Waals surface area (Å²) >= 11 is 0. The maximum absolute atomic E-state index is 13.0. The lowest BCUT2D eigenvalue weighted by molar-refractivity contribution is -0.135. The summed E-state index contributed by atoms with van der Waals surface area (Å²) in [5.41, 5.74) is 2.62. The molecular formula is C22H30N4O. The SMILES string of the molecule is CN(Cc1ccc(C(C)(C)C)cc1)C(=O)C1CCCN(c2cnccn2)C1. The summed E-state index contributed by atoms with van der Waals surface area (Å²) in [6.07, 6.45) is 7.08. The van der Waals surface area contributed by atoms with Crippen molar-refractivity contribution in [3.05, 3.63) is 54.0 Å². The van der Waals surface area contributed by atoms with E-state index in [9.17, 15) is 4.79 Å². The van der Waals surface area contributed by atoms with E-state index in [0.29, 0.717) is 13.1 Å². The molecule has 0 N–H and O–H groups in total. The van der Waals surface area contributed by atoms with Gasteiger partial charge in [0.2, 0.25) is 5.91 Å². The van der Waals surface area contributed by atoms with Crippen LogP contribution in [0.4, 0.5) is 5.82 Å². The van der Waals surface area contributed by atoms with E-state index in [1.165, 1.54) is 11.1 Å². The van der Waals surface area contributed by atoms with Crippen molar-refractivity contribution in [3.63, 3.8) is 0 Å². The molecule has 2 heterocycles. The molecule has 1 aliphatic rings. The third kappa shape index (κ3) is 4.85. The smallest absolute Gasteiger partial charge is 0.227 e. The molecule has 144 valence electrons. The van der Waals surface area contributed by atoms with Crippen LogP contribution in [0, 0.1) is 5.92 Å². The summed E-state index contributed by atoms with van der Waals surface area (Å²) in [5, 5.41) is 0. The van der Waals surface area contributed by atoms with Crippen molar-refractivity contribution in [1.82, 2.24) is 14.9 Å². The van der Waals surface area contributed by atoms with Crippen LogP contribution < -0.4 is 4.90 Å². The molecular weight excluding hydrogens is 336 g/mol. The second kappa shape index (κ2) is 8.07. The minimum atomic E-state index is 0.0135. The van der Waals surface area contributed by atoms with E-state index in [2.05, 4.69) is 59.9 Å². The number of piperidine rings is 1. The Morgan fingerprint density at radius 1 is 1.22 bits per heavy atom. The van der Waals surface area contributed by atoms with E-state index in [0.717, 1.165) is 25.2 Å². The van der Waals surface area contributed by atoms with Crippen LogP contribution >= 0.6 is 0 Å². The molecule has 0 radical (unpaired) electrons. The minimum absolute atomic E-state index is 0.0135. The highest BCUT2D eigenvalue weighted by Crippen LogP contribution is 2.24. The molecule has 1 amide bonds. The first-order chi connectivity index (χ1) is 12.8. The fraction of sp³-hybridized carbons (Fsp3) is 0.500. The summed E-state index contributed by atoms with van der Waals surface area (Å²) in [4.78, 5) is 25.5. The number of benzene rings is 1. The van der Waals surface area contributed by atoms with Gasteiger partial charge in [-0.1, -0.05) is 45.0 Å². The molecule has 0 aliphatic carbocycles. The lowest BCUT2D eigenvalue weighted by Gasteiger charge is -2.34. The number of carbonyl (C=O) groups excluding carboxylic acids is 1. The Morgan fingerprint density at radius 3 is 2.59 bits per heavy atom. The van der Waals surface area contributed by atoms with Crippen LogP contribution in [0.15, 0.2) is 42.9 Å². The van der Waals surface area contributed by atoms with Gasteiger partial charge in [0, 0.05) is 39.1 Å². The molecule has 0 saturated carbocycles. The van der Waals surface area contributed by atoms with Crippen LogP contribution in [0.1, 0.15) is 44.7 Å². The zero-order chi connectivity index (χ0) is 19.4. The maximum Gasteiger partial charge on any atom is 0.227 e. The van der Waals surface area contributed by atoms with Gasteiger partial charge in [0.25, 0.3) is 0 Å². The fourth-order valence-electron chi connectivity index (χ4n) is 3.61. The number of hydrogen-bond donors (Lipinski definition) is 0. The van der Waals surface area contributed by atoms with Crippen LogP contribution in [0.25, 0.3) is 0 Å². The predicted molar refractivity (Wildman–Crippen MR) is 109 cm³/mol. The summed E-state index contributed by atoms with van der Waals surface area (Å²) in [5.74, 6) is 1.08. The van der Waals surface area contributed by atoms with Gasteiger partial charge < -0.3 is 9.80 Å². The van der Waals surface area contributed by atoms with E-state index in [4.69, 9.17) is 0 Å². The highest BCUT2D eigenvalue weighted by molar-refractivity contribution is 5.79. The number of amides is 1. The van der Waals surface area contributed by atoms with Gasteiger partial charge >= 0.3 is 0 Å². The van der Waals surface area contributed by atoms with Crippen LogP contribution in [-0.4, -0.2) is 40.9 Å². The normalized spacial score (nSPS) is 17.6. The second-order valence-corrected chi connectivity index (χ2v) is 8.49. The molecule has 3 rings (SSSR count). The number of hydrogen-bond acceptors (Lipinski definition) is 4. The van der Waals surface area contributed by atoms with Gasteiger partial charge in [0.1, 0.15) is 5.82 Å². The molecule has 1 aromatic carbocycles. The van der Waals surface area contributed by atoms with Gasteiger partial charge in [-0.15, -0.1) is 0 Å². The first kappa shape index (κ1) is 19.3. The zero-order valence-electron chi connectivity index (χ0n) is 16.9. The molecule has 5 heteroatoms. The van der Waals surface area contributed by atoms with E-state index in [1.54, 1.807) is 18.6 Å². The van der Waals surface area contributed by atoms with Crippen molar-refractivity contribution in [2.24, 2.45) is 5.92 Å². The van der Waals surface area contributed by atoms with Gasteiger partial charge in [0.05, 0.1) is 12.1 Å². The molecule has 0 spiro atoms. The molecule has 1 unspecified atom stereocenters. The van der Waals surface area contributed by atoms with Crippen LogP contribution in [0.5, 0.6) is 0 Å². The molecule has 1 aromatic heterocycles. The summed E-state index contributed by atoms with van der Waals surface area (Å²) < 4.78 is 0. The van der Waals surface area contributed by atoms with Gasteiger partial charge in [-0.3, -0.25) is 9.78 Å². The molecule has 5 nitrogen and oxygen atoms in total. The number of anilines is 1. The Bertz CT molecular complexity index is 752. The zero-order valence-corrected chi connectivity index (χ0v) is 16.9. The first-order valence-corrected chi connectivity index (χ1v) is 9.70. The molecule has 2 aromatic rings. The lowest BCUT2D eigenvalue weighted by atomic mass is 9.87. The minimum Gasteiger partial charge on any atom is -0.355 e. The van der Waals surface area contributed by atoms with Gasteiger partial charge in [0.15, 0.2) is 0 Å². The Balaban J connectivity index is 1.61. The third-order valence-corrected chi connectivity index (χ3v) is 5.26. The lowest BCUT2D eigenvalue weighted by Crippen LogP contribution is -2.43. The fourth-order valence-corrected chi connectivity index (χ4v) is 3.61. The van der Waals surface area contributed by atoms with E-state index >= 15 is 0 Å². The molecule has 1 aliphatic heterocycles. The molecule has 27 heavy (non-hydrogen) atoms. The topological polar surface area (TPSA) is 49.3 Å². The van der Waals surface area contributed by atoms with Crippen LogP contribution in [0.3, 0.4) is 0 Å². The van der Waals surface area contributed by atoms with E-state index in [1.807, 2.05) is 11.9 Å². The summed E-state index contributed by atoms with van der Waals surface area (Å²) in [6, 6.07) is 8.61. The van der Waals surface area contributed by atoms with Crippen molar-refractivity contribution in [2.75, 3.05) is 25.0 Å². The average molecular weight is 367 g/mol. The average Bonchev–Trinajstić information content (AvgIpc) is 2.68. The van der Waals surface area contributed by atoms with Crippen molar-refractivity contribution < 1.29 is 4.79 Å². The number of carbonyl (C=O) groups is 1. The van der Waals surface area contributed by atoms with Crippen molar-refractivity contribution >= 4 is 11.7 Å². The number of aromatic nitrogens is 2. The Kier molecular flexibility index (Phi) is 5.78. The van der Waals surface area contributed by atoms with Crippen LogP contribution in [-0.2, 0) is 16.8 Å². The summed E-state index contributed by atoms with van der Waals surface area (Å²) in [6.45, 7) is 8.92. The van der Waals surface area contributed by atoms with Gasteiger partial charge in [-0.05, 0) is 29.4 Å². The standard InChI is InChI=1S/C22H30N4O/c1-22(2,3)19-9-7-17(8-10-19)15-25(4)21(27)18-6-5-13-26(16-18)20-14-23-11-12-24-20/h7-12,14,18H,5-6,13,15-16H2,1-4H3. The van der Waals surface area contributed by atoms with Crippen molar-refractivity contribution in [2.45, 2.75) is 45.6 Å². The Morgan fingerprint density at radius 2 is 1.96 bits per heavy atom. The second-order valence-electron chi connectivity index (χ2n) is 8.49. The monoisotopic (exact) mass is 366 g/mol. The highest BCUT2D eigenvalue weighted by atomic mass is 16.2. The quantitative estimate of drug-likeness (QED) is 0.829. The Hall–Kier alpha value is -2.43. The number of nitrogens with zero attached hydrogens (tertiary/aromatic N) is 4. The molecule has 1 fully saturated rings. The summed E-state index contributed by atoms with van der Waals surface area (Å²) in [7, 11) is 1.90. The van der Waals surface area contributed by atoms with Crippen molar-refractivity contribution in [3.8, 4) is 0 Å². The largest absolute Gasteiger partial charge is 0.355 e. The van der Waals surface area contributed by atoms with Gasteiger partial charge in [-0.2, -0.15) is 0 Å².